The zero-order chi connectivity index (χ0) is 23.8. The molecule has 34 heavy (non-hydrogen) atoms. The number of hydrogen-bond donors (Lipinski definition) is 1. The number of para-hydroxylation sites is 1. The summed E-state index contributed by atoms with van der Waals surface area (Å²) < 4.78 is 2.38. The molecule has 4 heterocycles. The minimum Gasteiger partial charge on any atom is -0.352 e. The fourth-order valence-electron chi connectivity index (χ4n) is 5.17. The van der Waals surface area contributed by atoms with Crippen LogP contribution in [0.2, 0.25) is 0 Å². The molecule has 1 fully saturated rings. The predicted molar refractivity (Wildman–Crippen MR) is 140 cm³/mol. The van der Waals surface area contributed by atoms with Crippen molar-refractivity contribution in [3.63, 3.8) is 0 Å². The SMILES string of the molecule is Cc1cccc(C)c1-n1c(C)cc(C2C(c3ccccn3)NC(=S)N2Cc2ccccn2)c1C. The fourth-order valence-corrected chi connectivity index (χ4v) is 5.48. The number of pyridine rings is 2. The van der Waals surface area contributed by atoms with E-state index in [-0.39, 0.29) is 12.1 Å². The Kier molecular flexibility index (Phi) is 5.92. The lowest BCUT2D eigenvalue weighted by Gasteiger charge is -2.28. The lowest BCUT2D eigenvalue weighted by molar-refractivity contribution is 0.307. The van der Waals surface area contributed by atoms with E-state index >= 15 is 0 Å². The maximum Gasteiger partial charge on any atom is 0.170 e. The lowest BCUT2D eigenvalue weighted by Crippen LogP contribution is -2.29. The number of nitrogens with one attached hydrogen (secondary N) is 1. The zero-order valence-corrected chi connectivity index (χ0v) is 20.8. The maximum atomic E-state index is 5.86. The number of benzene rings is 1. The quantitative estimate of drug-likeness (QED) is 0.383. The van der Waals surface area contributed by atoms with Gasteiger partial charge < -0.3 is 14.8 Å². The molecule has 0 saturated carbocycles. The Morgan fingerprint density at radius 2 is 1.59 bits per heavy atom. The molecule has 0 spiro atoms. The first kappa shape index (κ1) is 22.3. The lowest BCUT2D eigenvalue weighted by atomic mass is 9.96. The molecular weight excluding hydrogens is 438 g/mol. The summed E-state index contributed by atoms with van der Waals surface area (Å²) in [5.41, 5.74) is 9.43. The van der Waals surface area contributed by atoms with E-state index in [1.54, 1.807) is 0 Å². The van der Waals surface area contributed by atoms with Gasteiger partial charge in [-0.2, -0.15) is 0 Å². The Morgan fingerprint density at radius 1 is 0.882 bits per heavy atom. The van der Waals surface area contributed by atoms with Crippen molar-refractivity contribution in [2.75, 3.05) is 0 Å². The average Bonchev–Trinajstić information content (AvgIpc) is 3.31. The summed E-state index contributed by atoms with van der Waals surface area (Å²) in [4.78, 5) is 11.5. The van der Waals surface area contributed by atoms with Gasteiger partial charge in [0.1, 0.15) is 0 Å². The van der Waals surface area contributed by atoms with Gasteiger partial charge in [-0.15, -0.1) is 0 Å². The molecule has 5 rings (SSSR count). The molecule has 1 aliphatic rings. The normalized spacial score (nSPS) is 17.8. The molecule has 0 radical (unpaired) electrons. The topological polar surface area (TPSA) is 46.0 Å². The van der Waals surface area contributed by atoms with E-state index in [1.165, 1.54) is 33.8 Å². The first-order valence-corrected chi connectivity index (χ1v) is 12.0. The van der Waals surface area contributed by atoms with Crippen LogP contribution in [0.1, 0.15) is 51.5 Å². The summed E-state index contributed by atoms with van der Waals surface area (Å²) >= 11 is 5.86. The van der Waals surface area contributed by atoms with Gasteiger partial charge in [0.2, 0.25) is 0 Å². The molecule has 1 N–H and O–H groups in total. The van der Waals surface area contributed by atoms with Gasteiger partial charge >= 0.3 is 0 Å². The number of thiocarbonyl (C=S) groups is 1. The first-order chi connectivity index (χ1) is 16.5. The molecule has 172 valence electrons. The van der Waals surface area contributed by atoms with Crippen molar-refractivity contribution in [3.8, 4) is 5.69 Å². The van der Waals surface area contributed by atoms with Crippen LogP contribution in [0.4, 0.5) is 0 Å². The third-order valence-electron chi connectivity index (χ3n) is 6.71. The standard InChI is InChI=1S/C28H29N5S/c1-18-10-9-11-19(2)26(18)33-20(3)16-23(21(33)4)27-25(24-13-6-8-15-30-24)31-28(34)32(27)17-22-12-5-7-14-29-22/h5-16,25,27H,17H2,1-4H3,(H,31,34). The van der Waals surface area contributed by atoms with Gasteiger partial charge in [0.15, 0.2) is 5.11 Å². The highest BCUT2D eigenvalue weighted by molar-refractivity contribution is 7.80. The summed E-state index contributed by atoms with van der Waals surface area (Å²) in [6.45, 7) is 9.38. The van der Waals surface area contributed by atoms with Crippen LogP contribution in [0.3, 0.4) is 0 Å². The maximum absolute atomic E-state index is 5.86. The van der Waals surface area contributed by atoms with Crippen LogP contribution in [0.15, 0.2) is 73.1 Å². The smallest absolute Gasteiger partial charge is 0.170 e. The largest absolute Gasteiger partial charge is 0.352 e. The van der Waals surface area contributed by atoms with Crippen molar-refractivity contribution < 1.29 is 0 Å². The van der Waals surface area contributed by atoms with Crippen LogP contribution in [-0.2, 0) is 6.54 Å². The van der Waals surface area contributed by atoms with Crippen molar-refractivity contribution in [1.29, 1.82) is 0 Å². The van der Waals surface area contributed by atoms with E-state index in [1.807, 2.05) is 42.7 Å². The molecule has 1 aromatic carbocycles. The fraction of sp³-hybridized carbons (Fsp3) is 0.250. The molecule has 1 saturated heterocycles. The molecule has 5 nitrogen and oxygen atoms in total. The van der Waals surface area contributed by atoms with Gasteiger partial charge in [0.05, 0.1) is 35.7 Å². The summed E-state index contributed by atoms with van der Waals surface area (Å²) in [6, 6.07) is 20.8. The Hall–Kier alpha value is -3.51. The highest BCUT2D eigenvalue weighted by atomic mass is 32.1. The van der Waals surface area contributed by atoms with Crippen LogP contribution in [0.5, 0.6) is 0 Å². The van der Waals surface area contributed by atoms with Crippen molar-refractivity contribution in [3.05, 3.63) is 113 Å². The number of aryl methyl sites for hydroxylation is 3. The molecule has 2 unspecified atom stereocenters. The Labute approximate surface area is 206 Å². The molecule has 2 atom stereocenters. The molecule has 4 aromatic rings. The average molecular weight is 468 g/mol. The van der Waals surface area contributed by atoms with E-state index in [2.05, 4.69) is 82.8 Å². The second-order valence-corrected chi connectivity index (χ2v) is 9.36. The number of rotatable bonds is 5. The Morgan fingerprint density at radius 3 is 2.24 bits per heavy atom. The summed E-state index contributed by atoms with van der Waals surface area (Å²) in [5.74, 6) is 0. The first-order valence-electron chi connectivity index (χ1n) is 11.6. The molecule has 0 aliphatic carbocycles. The highest BCUT2D eigenvalue weighted by Crippen LogP contribution is 2.42. The highest BCUT2D eigenvalue weighted by Gasteiger charge is 2.41. The monoisotopic (exact) mass is 467 g/mol. The van der Waals surface area contributed by atoms with E-state index in [0.29, 0.717) is 6.54 Å². The van der Waals surface area contributed by atoms with Crippen LogP contribution in [0, 0.1) is 27.7 Å². The van der Waals surface area contributed by atoms with Gasteiger partial charge in [-0.25, -0.2) is 0 Å². The van der Waals surface area contributed by atoms with Gasteiger partial charge in [-0.3, -0.25) is 9.97 Å². The molecule has 1 aliphatic heterocycles. The van der Waals surface area contributed by atoms with E-state index in [9.17, 15) is 0 Å². The predicted octanol–water partition coefficient (Wildman–Crippen LogP) is 5.67. The third-order valence-corrected chi connectivity index (χ3v) is 7.06. The van der Waals surface area contributed by atoms with Gasteiger partial charge in [0.25, 0.3) is 0 Å². The van der Waals surface area contributed by atoms with Gasteiger partial charge in [-0.05, 0) is 86.9 Å². The van der Waals surface area contributed by atoms with Crippen molar-refractivity contribution in [1.82, 2.24) is 24.8 Å². The summed E-state index contributed by atoms with van der Waals surface area (Å²) in [5, 5.41) is 4.29. The van der Waals surface area contributed by atoms with Crippen LogP contribution in [-0.4, -0.2) is 24.5 Å². The van der Waals surface area contributed by atoms with E-state index in [4.69, 9.17) is 12.2 Å². The van der Waals surface area contributed by atoms with Crippen molar-refractivity contribution in [2.45, 2.75) is 46.3 Å². The summed E-state index contributed by atoms with van der Waals surface area (Å²) in [7, 11) is 0. The molecule has 0 bridgehead atoms. The van der Waals surface area contributed by atoms with Crippen molar-refractivity contribution in [2.24, 2.45) is 0 Å². The third kappa shape index (κ3) is 3.88. The Bertz CT molecular complexity index is 1310. The van der Waals surface area contributed by atoms with Gasteiger partial charge in [-0.1, -0.05) is 30.3 Å². The molecule has 6 heteroatoms. The number of hydrogen-bond acceptors (Lipinski definition) is 3. The minimum atomic E-state index is -0.0515. The number of aromatic nitrogens is 3. The summed E-state index contributed by atoms with van der Waals surface area (Å²) in [6.07, 6.45) is 3.68. The molecule has 3 aromatic heterocycles. The number of nitrogens with zero attached hydrogens (tertiary/aromatic N) is 4. The van der Waals surface area contributed by atoms with E-state index in [0.717, 1.165) is 16.5 Å². The van der Waals surface area contributed by atoms with Crippen LogP contribution < -0.4 is 5.32 Å². The second-order valence-electron chi connectivity index (χ2n) is 8.98. The second kappa shape index (κ2) is 9.03. The van der Waals surface area contributed by atoms with Gasteiger partial charge in [0, 0.05) is 23.8 Å². The molecular formula is C28H29N5S. The molecule has 0 amide bonds. The van der Waals surface area contributed by atoms with Crippen LogP contribution in [0.25, 0.3) is 5.69 Å². The van der Waals surface area contributed by atoms with Crippen molar-refractivity contribution >= 4 is 17.3 Å². The van der Waals surface area contributed by atoms with E-state index < -0.39 is 0 Å². The Balaban J connectivity index is 1.65. The minimum absolute atomic E-state index is 0.00585. The zero-order valence-electron chi connectivity index (χ0n) is 20.0. The van der Waals surface area contributed by atoms with Crippen LogP contribution >= 0.6 is 12.2 Å².